The Balaban J connectivity index is 1.56. The molecular formula is C26H25N3O4S. The van der Waals surface area contributed by atoms with E-state index in [4.69, 9.17) is 4.74 Å². The molecule has 0 spiro atoms. The highest BCUT2D eigenvalue weighted by Crippen LogP contribution is 2.27. The van der Waals surface area contributed by atoms with Crippen LogP contribution in [-0.2, 0) is 14.8 Å². The highest BCUT2D eigenvalue weighted by molar-refractivity contribution is 7.92. The summed E-state index contributed by atoms with van der Waals surface area (Å²) < 4.78 is 31.1. The van der Waals surface area contributed by atoms with Crippen molar-refractivity contribution in [3.05, 3.63) is 84.4 Å². The predicted molar refractivity (Wildman–Crippen MR) is 137 cm³/mol. The molecule has 0 bridgehead atoms. The van der Waals surface area contributed by atoms with Crippen molar-refractivity contribution in [2.24, 2.45) is 5.10 Å². The van der Waals surface area contributed by atoms with Gasteiger partial charge in [0.2, 0.25) is 10.0 Å². The second kappa shape index (κ2) is 9.93. The number of benzene rings is 4. The fraction of sp³-hybridized carbons (Fsp3) is 0.154. The highest BCUT2D eigenvalue weighted by atomic mass is 32.2. The van der Waals surface area contributed by atoms with Crippen LogP contribution < -0.4 is 14.5 Å². The van der Waals surface area contributed by atoms with Gasteiger partial charge in [-0.05, 0) is 58.8 Å². The molecule has 174 valence electrons. The zero-order valence-electron chi connectivity index (χ0n) is 18.9. The summed E-state index contributed by atoms with van der Waals surface area (Å²) in [6, 6.07) is 24.6. The van der Waals surface area contributed by atoms with Crippen molar-refractivity contribution in [2.75, 3.05) is 23.7 Å². The van der Waals surface area contributed by atoms with Crippen LogP contribution >= 0.6 is 0 Å². The Labute approximate surface area is 198 Å². The number of carbonyl (C=O) groups is 1. The van der Waals surface area contributed by atoms with Gasteiger partial charge < -0.3 is 4.74 Å². The van der Waals surface area contributed by atoms with Crippen LogP contribution in [0.5, 0.6) is 5.75 Å². The van der Waals surface area contributed by atoms with Gasteiger partial charge in [0.05, 0.1) is 24.8 Å². The number of hydrogen-bond acceptors (Lipinski definition) is 5. The van der Waals surface area contributed by atoms with E-state index < -0.39 is 22.5 Å². The van der Waals surface area contributed by atoms with Gasteiger partial charge in [-0.2, -0.15) is 5.10 Å². The Kier molecular flexibility index (Phi) is 6.79. The lowest BCUT2D eigenvalue weighted by Gasteiger charge is -2.21. The smallest absolute Gasteiger partial charge is 0.260 e. The lowest BCUT2D eigenvalue weighted by Crippen LogP contribution is -2.39. The van der Waals surface area contributed by atoms with Crippen LogP contribution in [0.15, 0.2) is 84.0 Å². The van der Waals surface area contributed by atoms with Gasteiger partial charge in [0.25, 0.3) is 5.91 Å². The van der Waals surface area contributed by atoms with Crippen LogP contribution in [-0.4, -0.2) is 39.9 Å². The first kappa shape index (κ1) is 23.3. The third-order valence-corrected chi connectivity index (χ3v) is 6.46. The predicted octanol–water partition coefficient (Wildman–Crippen LogP) is 4.31. The third-order valence-electron chi connectivity index (χ3n) is 5.32. The van der Waals surface area contributed by atoms with Gasteiger partial charge in [-0.1, -0.05) is 48.5 Å². The van der Waals surface area contributed by atoms with Crippen LogP contribution in [0, 0.1) is 0 Å². The van der Waals surface area contributed by atoms with Gasteiger partial charge in [0.1, 0.15) is 12.3 Å². The number of sulfonamides is 1. The van der Waals surface area contributed by atoms with Crippen molar-refractivity contribution >= 4 is 49.4 Å². The monoisotopic (exact) mass is 475 g/mol. The number of hydrogen-bond donors (Lipinski definition) is 1. The molecule has 0 unspecified atom stereocenters. The SMILES string of the molecule is CCOc1ccc(N(CC(=O)NN=Cc2c3ccccc3cc3ccccc23)S(C)(=O)=O)cc1. The van der Waals surface area contributed by atoms with Crippen LogP contribution in [0.2, 0.25) is 0 Å². The van der Waals surface area contributed by atoms with Crippen molar-refractivity contribution in [3.63, 3.8) is 0 Å². The summed E-state index contributed by atoms with van der Waals surface area (Å²) in [6.45, 7) is 1.96. The van der Waals surface area contributed by atoms with Gasteiger partial charge in [-0.25, -0.2) is 13.8 Å². The fourth-order valence-electron chi connectivity index (χ4n) is 3.80. The van der Waals surface area contributed by atoms with Gasteiger partial charge in [-0.15, -0.1) is 0 Å². The molecule has 0 atom stereocenters. The molecule has 34 heavy (non-hydrogen) atoms. The summed E-state index contributed by atoms with van der Waals surface area (Å²) in [5.41, 5.74) is 3.71. The minimum absolute atomic E-state index is 0.366. The van der Waals surface area contributed by atoms with E-state index in [2.05, 4.69) is 16.6 Å². The van der Waals surface area contributed by atoms with E-state index in [-0.39, 0.29) is 0 Å². The quantitative estimate of drug-likeness (QED) is 0.234. The number of amides is 1. The lowest BCUT2D eigenvalue weighted by molar-refractivity contribution is -0.119. The maximum Gasteiger partial charge on any atom is 0.260 e. The van der Waals surface area contributed by atoms with Gasteiger partial charge >= 0.3 is 0 Å². The van der Waals surface area contributed by atoms with Crippen LogP contribution in [0.3, 0.4) is 0 Å². The summed E-state index contributed by atoms with van der Waals surface area (Å²) in [5.74, 6) is 0.0659. The molecule has 1 N–H and O–H groups in total. The molecule has 0 saturated carbocycles. The minimum atomic E-state index is -3.69. The third kappa shape index (κ3) is 5.18. The van der Waals surface area contributed by atoms with Crippen molar-refractivity contribution < 1.29 is 17.9 Å². The summed E-state index contributed by atoms with van der Waals surface area (Å²) in [7, 11) is -3.69. The molecule has 4 rings (SSSR count). The number of ether oxygens (including phenoxy) is 1. The molecule has 4 aromatic carbocycles. The second-order valence-corrected chi connectivity index (χ2v) is 9.63. The topological polar surface area (TPSA) is 88.1 Å². The zero-order chi connectivity index (χ0) is 24.1. The van der Waals surface area contributed by atoms with Crippen LogP contribution in [0.25, 0.3) is 21.5 Å². The first-order chi connectivity index (χ1) is 16.4. The molecule has 0 aliphatic carbocycles. The molecule has 4 aromatic rings. The van der Waals surface area contributed by atoms with E-state index in [9.17, 15) is 13.2 Å². The van der Waals surface area contributed by atoms with Gasteiger partial charge in [0, 0.05) is 5.56 Å². The van der Waals surface area contributed by atoms with Crippen LogP contribution in [0.1, 0.15) is 12.5 Å². The van der Waals surface area contributed by atoms with Crippen molar-refractivity contribution in [1.82, 2.24) is 5.43 Å². The van der Waals surface area contributed by atoms with E-state index in [1.165, 1.54) is 0 Å². The minimum Gasteiger partial charge on any atom is -0.494 e. The molecule has 0 aliphatic rings. The van der Waals surface area contributed by atoms with E-state index in [0.29, 0.717) is 18.0 Å². The number of anilines is 1. The van der Waals surface area contributed by atoms with E-state index in [1.54, 1.807) is 30.5 Å². The molecule has 0 fully saturated rings. The van der Waals surface area contributed by atoms with Crippen LogP contribution in [0.4, 0.5) is 5.69 Å². The second-order valence-electron chi connectivity index (χ2n) is 7.72. The Morgan fingerprint density at radius 2 is 1.56 bits per heavy atom. The van der Waals surface area contributed by atoms with E-state index >= 15 is 0 Å². The van der Waals surface area contributed by atoms with E-state index in [1.807, 2.05) is 55.5 Å². The van der Waals surface area contributed by atoms with Gasteiger partial charge in [0.15, 0.2) is 0 Å². The van der Waals surface area contributed by atoms with Crippen molar-refractivity contribution in [2.45, 2.75) is 6.92 Å². The number of nitrogens with one attached hydrogen (secondary N) is 1. The molecule has 7 nitrogen and oxygen atoms in total. The molecule has 0 heterocycles. The summed E-state index contributed by atoms with van der Waals surface area (Å²) in [4.78, 5) is 12.6. The molecule has 1 amide bonds. The average molecular weight is 476 g/mol. The number of rotatable bonds is 8. The first-order valence-corrected chi connectivity index (χ1v) is 12.6. The molecule has 0 aromatic heterocycles. The fourth-order valence-corrected chi connectivity index (χ4v) is 4.65. The number of fused-ring (bicyclic) bond motifs is 2. The maximum atomic E-state index is 12.6. The normalized spacial score (nSPS) is 11.7. The molecule has 8 heteroatoms. The Morgan fingerprint density at radius 1 is 0.971 bits per heavy atom. The highest BCUT2D eigenvalue weighted by Gasteiger charge is 2.20. The largest absolute Gasteiger partial charge is 0.494 e. The number of hydrazone groups is 1. The van der Waals surface area contributed by atoms with E-state index in [0.717, 1.165) is 37.7 Å². The maximum absolute atomic E-state index is 12.6. The Hall–Kier alpha value is -3.91. The Morgan fingerprint density at radius 3 is 2.12 bits per heavy atom. The standard InChI is InChI=1S/C26H25N3O4S/c1-3-33-22-14-12-21(13-15-22)29(34(2,31)32)18-26(30)28-27-17-25-23-10-6-4-8-19(23)16-20-9-5-7-11-24(20)25/h4-17H,3,18H2,1-2H3,(H,28,30). The molecular weight excluding hydrogens is 450 g/mol. The lowest BCUT2D eigenvalue weighted by atomic mass is 9.97. The average Bonchev–Trinajstić information content (AvgIpc) is 2.82. The van der Waals surface area contributed by atoms with Crippen molar-refractivity contribution in [3.8, 4) is 5.75 Å². The molecule has 0 saturated heterocycles. The summed E-state index contributed by atoms with van der Waals surface area (Å²) >= 11 is 0. The van der Waals surface area contributed by atoms with Gasteiger partial charge in [-0.3, -0.25) is 9.10 Å². The Bertz CT molecular complexity index is 1410. The summed E-state index contributed by atoms with van der Waals surface area (Å²) in [5, 5.41) is 8.28. The number of nitrogens with zero attached hydrogens (tertiary/aromatic N) is 2. The zero-order valence-corrected chi connectivity index (χ0v) is 19.7. The molecule has 0 aliphatic heterocycles. The van der Waals surface area contributed by atoms with Crippen molar-refractivity contribution in [1.29, 1.82) is 0 Å². The molecule has 0 radical (unpaired) electrons. The number of carbonyl (C=O) groups excluding carboxylic acids is 1. The first-order valence-electron chi connectivity index (χ1n) is 10.8. The summed E-state index contributed by atoms with van der Waals surface area (Å²) in [6.07, 6.45) is 2.66.